The molecule has 0 aromatic carbocycles. The van der Waals surface area contributed by atoms with E-state index in [0.29, 0.717) is 6.04 Å². The number of ether oxygens (including phenoxy) is 1. The number of aryl methyl sites for hydroxylation is 2. The molecule has 0 spiro atoms. The highest BCUT2D eigenvalue weighted by Crippen LogP contribution is 2.20. The lowest BCUT2D eigenvalue weighted by molar-refractivity contribution is 0.141. The number of imidazole rings is 1. The van der Waals surface area contributed by atoms with Crippen LogP contribution in [0.15, 0.2) is 6.20 Å². The molecule has 1 aromatic rings. The average Bonchev–Trinajstić information content (AvgIpc) is 2.85. The molecular weight excluding hydrogens is 252 g/mol. The number of piperidine rings is 1. The monoisotopic (exact) mass is 280 g/mol. The van der Waals surface area contributed by atoms with Gasteiger partial charge in [0, 0.05) is 45.1 Å². The van der Waals surface area contributed by atoms with Crippen LogP contribution in [0.1, 0.15) is 31.9 Å². The SMILES string of the molecule is CCOCCCn1cc(C)nc1N1CCCC(NC)C1. The number of likely N-dealkylation sites (N-methyl/N-ethyl adjacent to an activating group) is 1. The van der Waals surface area contributed by atoms with E-state index in [9.17, 15) is 0 Å². The standard InChI is InChI=1S/C15H28N4O/c1-4-20-10-6-9-18-11-13(2)17-15(18)19-8-5-7-14(12-19)16-3/h11,14,16H,4-10,12H2,1-3H3. The highest BCUT2D eigenvalue weighted by atomic mass is 16.5. The van der Waals surface area contributed by atoms with Gasteiger partial charge in [-0.15, -0.1) is 0 Å². The normalized spacial score (nSPS) is 19.6. The van der Waals surface area contributed by atoms with Crippen LogP contribution in [0.4, 0.5) is 5.95 Å². The summed E-state index contributed by atoms with van der Waals surface area (Å²) in [6.07, 6.45) is 5.69. The maximum absolute atomic E-state index is 5.42. The summed E-state index contributed by atoms with van der Waals surface area (Å²) in [7, 11) is 2.05. The Hall–Kier alpha value is -1.07. The summed E-state index contributed by atoms with van der Waals surface area (Å²) in [4.78, 5) is 7.14. The number of aromatic nitrogens is 2. The first kappa shape index (κ1) is 15.3. The molecule has 0 radical (unpaired) electrons. The minimum absolute atomic E-state index is 0.581. The van der Waals surface area contributed by atoms with Crippen molar-refractivity contribution in [1.29, 1.82) is 0 Å². The Labute approximate surface area is 122 Å². The summed E-state index contributed by atoms with van der Waals surface area (Å²) in [5.41, 5.74) is 1.10. The van der Waals surface area contributed by atoms with Crippen LogP contribution in [-0.4, -0.2) is 48.9 Å². The van der Waals surface area contributed by atoms with Gasteiger partial charge in [-0.3, -0.25) is 0 Å². The van der Waals surface area contributed by atoms with Gasteiger partial charge in [-0.05, 0) is 40.2 Å². The van der Waals surface area contributed by atoms with Crippen molar-refractivity contribution >= 4 is 5.95 Å². The first-order valence-electron chi connectivity index (χ1n) is 7.78. The van der Waals surface area contributed by atoms with Crippen molar-refractivity contribution in [1.82, 2.24) is 14.9 Å². The maximum atomic E-state index is 5.42. The molecule has 1 aliphatic rings. The number of nitrogens with one attached hydrogen (secondary N) is 1. The van der Waals surface area contributed by atoms with E-state index in [2.05, 4.69) is 27.9 Å². The van der Waals surface area contributed by atoms with Crippen LogP contribution in [0.5, 0.6) is 0 Å². The predicted octanol–water partition coefficient (Wildman–Crippen LogP) is 1.81. The molecule has 1 N–H and O–H groups in total. The lowest BCUT2D eigenvalue weighted by Gasteiger charge is -2.33. The molecule has 20 heavy (non-hydrogen) atoms. The van der Waals surface area contributed by atoms with Crippen LogP contribution in [0.25, 0.3) is 0 Å². The Morgan fingerprint density at radius 2 is 2.35 bits per heavy atom. The van der Waals surface area contributed by atoms with Gasteiger partial charge in [-0.2, -0.15) is 0 Å². The number of hydrogen-bond acceptors (Lipinski definition) is 4. The van der Waals surface area contributed by atoms with Crippen LogP contribution in [0.3, 0.4) is 0 Å². The van der Waals surface area contributed by atoms with Crippen molar-refractivity contribution in [3.63, 3.8) is 0 Å². The van der Waals surface area contributed by atoms with Gasteiger partial charge in [0.1, 0.15) is 0 Å². The van der Waals surface area contributed by atoms with Gasteiger partial charge in [-0.1, -0.05) is 0 Å². The van der Waals surface area contributed by atoms with E-state index >= 15 is 0 Å². The largest absolute Gasteiger partial charge is 0.382 e. The van der Waals surface area contributed by atoms with Crippen LogP contribution in [-0.2, 0) is 11.3 Å². The predicted molar refractivity (Wildman–Crippen MR) is 82.4 cm³/mol. The molecule has 0 aliphatic carbocycles. The van der Waals surface area contributed by atoms with Crippen LogP contribution < -0.4 is 10.2 Å². The van der Waals surface area contributed by atoms with Gasteiger partial charge < -0.3 is 19.5 Å². The van der Waals surface area contributed by atoms with Gasteiger partial charge in [0.25, 0.3) is 0 Å². The second kappa shape index (κ2) is 7.64. The molecule has 2 heterocycles. The zero-order chi connectivity index (χ0) is 14.4. The minimum atomic E-state index is 0.581. The Morgan fingerprint density at radius 3 is 3.10 bits per heavy atom. The zero-order valence-corrected chi connectivity index (χ0v) is 13.1. The topological polar surface area (TPSA) is 42.3 Å². The summed E-state index contributed by atoms with van der Waals surface area (Å²) in [6.45, 7) is 8.88. The average molecular weight is 280 g/mol. The molecule has 2 rings (SSSR count). The summed E-state index contributed by atoms with van der Waals surface area (Å²) in [6, 6.07) is 0.581. The quantitative estimate of drug-likeness (QED) is 0.774. The van der Waals surface area contributed by atoms with Crippen molar-refractivity contribution < 1.29 is 4.74 Å². The molecule has 1 aromatic heterocycles. The van der Waals surface area contributed by atoms with Crippen molar-refractivity contribution in [3.8, 4) is 0 Å². The van der Waals surface area contributed by atoms with Gasteiger partial charge in [0.2, 0.25) is 5.95 Å². The third-order valence-corrected chi connectivity index (χ3v) is 3.88. The van der Waals surface area contributed by atoms with Crippen LogP contribution in [0, 0.1) is 6.92 Å². The van der Waals surface area contributed by atoms with Crippen molar-refractivity contribution in [3.05, 3.63) is 11.9 Å². The molecule has 0 saturated carbocycles. The molecule has 1 fully saturated rings. The first-order valence-corrected chi connectivity index (χ1v) is 7.78. The summed E-state index contributed by atoms with van der Waals surface area (Å²) in [5.74, 6) is 1.12. The molecule has 0 bridgehead atoms. The summed E-state index contributed by atoms with van der Waals surface area (Å²) in [5, 5.41) is 3.39. The molecule has 1 aliphatic heterocycles. The highest BCUT2D eigenvalue weighted by molar-refractivity contribution is 5.34. The van der Waals surface area contributed by atoms with E-state index in [1.165, 1.54) is 12.8 Å². The van der Waals surface area contributed by atoms with Gasteiger partial charge >= 0.3 is 0 Å². The Morgan fingerprint density at radius 1 is 1.50 bits per heavy atom. The van der Waals surface area contributed by atoms with Crippen LogP contribution >= 0.6 is 0 Å². The second-order valence-electron chi connectivity index (χ2n) is 5.50. The molecule has 5 heteroatoms. The lowest BCUT2D eigenvalue weighted by atomic mass is 10.1. The minimum Gasteiger partial charge on any atom is -0.382 e. The van der Waals surface area contributed by atoms with E-state index < -0.39 is 0 Å². The number of anilines is 1. The fourth-order valence-electron chi connectivity index (χ4n) is 2.83. The third-order valence-electron chi connectivity index (χ3n) is 3.88. The smallest absolute Gasteiger partial charge is 0.205 e. The lowest BCUT2D eigenvalue weighted by Crippen LogP contribution is -2.45. The van der Waals surface area contributed by atoms with E-state index in [4.69, 9.17) is 9.72 Å². The molecular formula is C15H28N4O. The summed E-state index contributed by atoms with van der Waals surface area (Å²) < 4.78 is 7.71. The van der Waals surface area contributed by atoms with Crippen molar-refractivity contribution in [2.45, 2.75) is 45.7 Å². The third kappa shape index (κ3) is 3.96. The number of rotatable bonds is 7. The Kier molecular flexibility index (Phi) is 5.86. The molecule has 114 valence electrons. The fraction of sp³-hybridized carbons (Fsp3) is 0.800. The number of nitrogens with zero attached hydrogens (tertiary/aromatic N) is 3. The highest BCUT2D eigenvalue weighted by Gasteiger charge is 2.22. The van der Waals surface area contributed by atoms with E-state index in [-0.39, 0.29) is 0 Å². The van der Waals surface area contributed by atoms with E-state index in [1.807, 2.05) is 14.0 Å². The van der Waals surface area contributed by atoms with Crippen molar-refractivity contribution in [2.24, 2.45) is 0 Å². The van der Waals surface area contributed by atoms with E-state index in [1.54, 1.807) is 0 Å². The Balaban J connectivity index is 1.99. The fourth-order valence-corrected chi connectivity index (χ4v) is 2.83. The summed E-state index contributed by atoms with van der Waals surface area (Å²) >= 11 is 0. The Bertz CT molecular complexity index is 405. The molecule has 1 saturated heterocycles. The molecule has 1 atom stereocenters. The maximum Gasteiger partial charge on any atom is 0.205 e. The molecule has 0 amide bonds. The van der Waals surface area contributed by atoms with Crippen molar-refractivity contribution in [2.75, 3.05) is 38.3 Å². The molecule has 5 nitrogen and oxygen atoms in total. The first-order chi connectivity index (χ1) is 9.74. The zero-order valence-electron chi connectivity index (χ0n) is 13.1. The van der Waals surface area contributed by atoms with E-state index in [0.717, 1.165) is 50.9 Å². The number of hydrogen-bond donors (Lipinski definition) is 1. The molecule has 1 unspecified atom stereocenters. The van der Waals surface area contributed by atoms with Gasteiger partial charge in [-0.25, -0.2) is 4.98 Å². The second-order valence-corrected chi connectivity index (χ2v) is 5.50. The van der Waals surface area contributed by atoms with Gasteiger partial charge in [0.05, 0.1) is 5.69 Å². The van der Waals surface area contributed by atoms with Gasteiger partial charge in [0.15, 0.2) is 0 Å². The van der Waals surface area contributed by atoms with Crippen LogP contribution in [0.2, 0.25) is 0 Å².